The van der Waals surface area contributed by atoms with Crippen molar-refractivity contribution in [3.8, 4) is 0 Å². The summed E-state index contributed by atoms with van der Waals surface area (Å²) in [5.74, 6) is 0. The summed E-state index contributed by atoms with van der Waals surface area (Å²) >= 11 is 0. The lowest BCUT2D eigenvalue weighted by molar-refractivity contribution is 0.843. The Morgan fingerprint density at radius 1 is 1.62 bits per heavy atom. The van der Waals surface area contributed by atoms with Crippen molar-refractivity contribution in [2.24, 2.45) is 0 Å². The molecular weight excluding hydrogens is 96.1 g/mol. The minimum Gasteiger partial charge on any atom is -0.122 e. The molecule has 1 rings (SSSR count). The molecule has 0 unspecified atom stereocenters. The van der Waals surface area contributed by atoms with Gasteiger partial charge in [0.2, 0.25) is 0 Å². The first kappa shape index (κ1) is 5.65. The average Bonchev–Trinajstić information content (AvgIpc) is 1.64. The monoisotopic (exact) mass is 108 g/mol. The van der Waals surface area contributed by atoms with Crippen molar-refractivity contribution in [3.63, 3.8) is 0 Å². The second-order valence-corrected chi connectivity index (χ2v) is 2.44. The molecule has 0 N–H and O–H groups in total. The van der Waals surface area contributed by atoms with Gasteiger partial charge in [0.1, 0.15) is 0 Å². The van der Waals surface area contributed by atoms with E-state index in [0.29, 0.717) is 0 Å². The van der Waals surface area contributed by atoms with E-state index in [-0.39, 0.29) is 0 Å². The highest BCUT2D eigenvalue weighted by Gasteiger charge is 2.03. The third-order valence-corrected chi connectivity index (χ3v) is 1.42. The summed E-state index contributed by atoms with van der Waals surface area (Å²) in [6.45, 7) is 4.35. The third kappa shape index (κ3) is 1.02. The Bertz CT molecular complexity index is 145. The normalized spacial score (nSPS) is 16.8. The third-order valence-electron chi connectivity index (χ3n) is 1.42. The maximum atomic E-state index is 3.28. The fraction of sp³-hybridized carbons (Fsp3) is 0.625. The molecule has 1 aliphatic carbocycles. The van der Waals surface area contributed by atoms with E-state index in [0.717, 1.165) is 0 Å². The minimum absolute atomic E-state index is 1.23. The van der Waals surface area contributed by atoms with E-state index < -0.39 is 0 Å². The molecule has 0 saturated heterocycles. The molecule has 0 aromatic carbocycles. The lowest BCUT2D eigenvalue weighted by atomic mass is 9.95. The van der Waals surface area contributed by atoms with Gasteiger partial charge < -0.3 is 0 Å². The summed E-state index contributed by atoms with van der Waals surface area (Å²) < 4.78 is 0. The van der Waals surface area contributed by atoms with Gasteiger partial charge in [0.15, 0.2) is 0 Å². The van der Waals surface area contributed by atoms with Gasteiger partial charge in [0.25, 0.3) is 0 Å². The van der Waals surface area contributed by atoms with Crippen LogP contribution in [0.5, 0.6) is 0 Å². The van der Waals surface area contributed by atoms with Crippen LogP contribution in [0.4, 0.5) is 0 Å². The lowest BCUT2D eigenvalue weighted by Gasteiger charge is -2.09. The predicted octanol–water partition coefficient (Wildman–Crippen LogP) is 2.66. The van der Waals surface area contributed by atoms with Crippen molar-refractivity contribution in [2.75, 3.05) is 0 Å². The molecule has 0 aromatic rings. The van der Waals surface area contributed by atoms with Crippen LogP contribution in [0.15, 0.2) is 16.9 Å². The Labute approximate surface area is 50.9 Å². The summed E-state index contributed by atoms with van der Waals surface area (Å²) in [5.41, 5.74) is 6.22. The molecule has 0 atom stereocenters. The van der Waals surface area contributed by atoms with Crippen LogP contribution in [-0.4, -0.2) is 0 Å². The van der Waals surface area contributed by atoms with E-state index in [9.17, 15) is 0 Å². The van der Waals surface area contributed by atoms with Crippen LogP contribution in [0.1, 0.15) is 33.1 Å². The highest BCUT2D eigenvalue weighted by molar-refractivity contribution is 5.23. The number of rotatable bonds is 2. The smallest absolute Gasteiger partial charge is 0.00412 e. The van der Waals surface area contributed by atoms with Crippen LogP contribution < -0.4 is 0 Å². The Kier molecular flexibility index (Phi) is 1.55. The molecule has 44 valence electrons. The lowest BCUT2D eigenvalue weighted by Crippen LogP contribution is -1.91. The maximum absolute atomic E-state index is 3.28. The van der Waals surface area contributed by atoms with Crippen molar-refractivity contribution in [1.29, 1.82) is 0 Å². The molecule has 0 heteroatoms. The van der Waals surface area contributed by atoms with Gasteiger partial charge in [-0.3, -0.25) is 0 Å². The highest BCUT2D eigenvalue weighted by atomic mass is 14.1. The zero-order valence-electron chi connectivity index (χ0n) is 5.62. The van der Waals surface area contributed by atoms with Crippen LogP contribution in [0.3, 0.4) is 0 Å². The largest absolute Gasteiger partial charge is 0.122 e. The predicted molar refractivity (Wildman–Crippen MR) is 35.7 cm³/mol. The molecule has 0 radical (unpaired) electrons. The van der Waals surface area contributed by atoms with Crippen molar-refractivity contribution in [3.05, 3.63) is 16.9 Å². The van der Waals surface area contributed by atoms with Crippen molar-refractivity contribution < 1.29 is 0 Å². The molecule has 1 aliphatic rings. The van der Waals surface area contributed by atoms with E-state index in [1.54, 1.807) is 0 Å². The first-order valence-electron chi connectivity index (χ1n) is 3.27. The van der Waals surface area contributed by atoms with Gasteiger partial charge >= 0.3 is 0 Å². The van der Waals surface area contributed by atoms with Crippen LogP contribution in [0.2, 0.25) is 0 Å². The molecule has 8 heavy (non-hydrogen) atoms. The van der Waals surface area contributed by atoms with Gasteiger partial charge in [-0.2, -0.15) is 0 Å². The second-order valence-electron chi connectivity index (χ2n) is 2.44. The van der Waals surface area contributed by atoms with E-state index in [1.807, 2.05) is 0 Å². The minimum atomic E-state index is 1.23. The van der Waals surface area contributed by atoms with Crippen molar-refractivity contribution in [1.82, 2.24) is 0 Å². The summed E-state index contributed by atoms with van der Waals surface area (Å²) in [4.78, 5) is 0. The first-order valence-corrected chi connectivity index (χ1v) is 3.27. The Morgan fingerprint density at radius 3 is 2.62 bits per heavy atom. The SMILES string of the molecule is CCCC1=C=C(C)C1. The van der Waals surface area contributed by atoms with E-state index in [1.165, 1.54) is 30.4 Å². The molecule has 0 nitrogen and oxygen atoms in total. The molecule has 0 bridgehead atoms. The van der Waals surface area contributed by atoms with Gasteiger partial charge in [0.05, 0.1) is 0 Å². The van der Waals surface area contributed by atoms with E-state index in [2.05, 4.69) is 19.6 Å². The number of allylic oxidation sites excluding steroid dienone is 1. The molecule has 0 spiro atoms. The highest BCUT2D eigenvalue weighted by Crippen LogP contribution is 2.21. The van der Waals surface area contributed by atoms with Crippen LogP contribution in [-0.2, 0) is 0 Å². The number of hydrogen-bond acceptors (Lipinski definition) is 0. The van der Waals surface area contributed by atoms with Gasteiger partial charge in [0, 0.05) is 6.42 Å². The second kappa shape index (κ2) is 2.19. The molecule has 0 heterocycles. The van der Waals surface area contributed by atoms with E-state index >= 15 is 0 Å². The average molecular weight is 108 g/mol. The maximum Gasteiger partial charge on any atom is 0.00412 e. The van der Waals surface area contributed by atoms with Gasteiger partial charge in [-0.1, -0.05) is 13.3 Å². The van der Waals surface area contributed by atoms with Crippen LogP contribution in [0.25, 0.3) is 0 Å². The fourth-order valence-corrected chi connectivity index (χ4v) is 1.06. The Morgan fingerprint density at radius 2 is 2.25 bits per heavy atom. The number of hydrogen-bond donors (Lipinski definition) is 0. The van der Waals surface area contributed by atoms with Crippen LogP contribution >= 0.6 is 0 Å². The Hall–Kier alpha value is -0.480. The van der Waals surface area contributed by atoms with Gasteiger partial charge in [-0.25, -0.2) is 0 Å². The molecule has 0 saturated carbocycles. The summed E-state index contributed by atoms with van der Waals surface area (Å²) in [5, 5.41) is 0. The summed E-state index contributed by atoms with van der Waals surface area (Å²) in [6, 6.07) is 0. The van der Waals surface area contributed by atoms with Gasteiger partial charge in [-0.15, -0.1) is 5.73 Å². The van der Waals surface area contributed by atoms with Gasteiger partial charge in [-0.05, 0) is 24.5 Å². The van der Waals surface area contributed by atoms with E-state index in [4.69, 9.17) is 0 Å². The topological polar surface area (TPSA) is 0 Å². The zero-order chi connectivity index (χ0) is 5.98. The fourth-order valence-electron chi connectivity index (χ4n) is 1.06. The first-order chi connectivity index (χ1) is 3.83. The zero-order valence-corrected chi connectivity index (χ0v) is 5.62. The standard InChI is InChI=1S/C8H12/c1-3-4-8-5-7(2)6-8/h3-5H2,1-2H3. The summed E-state index contributed by atoms with van der Waals surface area (Å²) in [7, 11) is 0. The molecular formula is C8H12. The van der Waals surface area contributed by atoms with Crippen molar-refractivity contribution >= 4 is 0 Å². The molecule has 0 fully saturated rings. The van der Waals surface area contributed by atoms with Crippen molar-refractivity contribution in [2.45, 2.75) is 33.1 Å². The van der Waals surface area contributed by atoms with Crippen LogP contribution in [0, 0.1) is 0 Å². The molecule has 0 amide bonds. The quantitative estimate of drug-likeness (QED) is 0.477. The molecule has 0 aromatic heterocycles. The Balaban J connectivity index is 2.42. The molecule has 0 aliphatic heterocycles. The summed E-state index contributed by atoms with van der Waals surface area (Å²) in [6.07, 6.45) is 3.76.